The van der Waals surface area contributed by atoms with Crippen molar-refractivity contribution in [2.45, 2.75) is 76.6 Å². The number of aliphatic hydroxyl groups is 1. The Hall–Kier alpha value is -3.36. The van der Waals surface area contributed by atoms with Crippen LogP contribution in [0.15, 0.2) is 121 Å². The summed E-state index contributed by atoms with van der Waals surface area (Å²) in [6.45, 7) is 3.29. The first-order chi connectivity index (χ1) is 20.7. The predicted molar refractivity (Wildman–Crippen MR) is 161 cm³/mol. The summed E-state index contributed by atoms with van der Waals surface area (Å²) in [7, 11) is 0. The summed E-state index contributed by atoms with van der Waals surface area (Å²) in [4.78, 5) is 0. The fourth-order valence-corrected chi connectivity index (χ4v) is 5.12. The minimum absolute atomic E-state index is 0.326. The lowest BCUT2D eigenvalue weighted by atomic mass is 9.93. The van der Waals surface area contributed by atoms with Gasteiger partial charge >= 0.3 is 0 Å². The Balaban J connectivity index is 1.45. The van der Waals surface area contributed by atoms with Gasteiger partial charge in [0.25, 0.3) is 0 Å². The normalized spacial score (nSPS) is 23.0. The van der Waals surface area contributed by atoms with Crippen LogP contribution in [0.3, 0.4) is 0 Å². The Kier molecular flexibility index (Phi) is 11.3. The van der Waals surface area contributed by atoms with Crippen LogP contribution in [-0.4, -0.2) is 41.9 Å². The summed E-state index contributed by atoms with van der Waals surface area (Å²) in [6, 6.07) is 40.0. The van der Waals surface area contributed by atoms with E-state index in [0.717, 1.165) is 22.3 Å². The molecule has 1 aliphatic heterocycles. The molecule has 6 nitrogen and oxygen atoms in total. The number of hydrogen-bond acceptors (Lipinski definition) is 6. The first-order valence-electron chi connectivity index (χ1n) is 14.7. The molecule has 0 radical (unpaired) electrons. The molecule has 42 heavy (non-hydrogen) atoms. The lowest BCUT2D eigenvalue weighted by Gasteiger charge is -2.47. The van der Waals surface area contributed by atoms with Gasteiger partial charge in [-0.25, -0.2) is 0 Å². The van der Waals surface area contributed by atoms with E-state index in [9.17, 15) is 5.11 Å². The second kappa shape index (κ2) is 15.8. The van der Waals surface area contributed by atoms with Crippen molar-refractivity contribution < 1.29 is 28.8 Å². The highest BCUT2D eigenvalue weighted by Crippen LogP contribution is 2.33. The Bertz CT molecular complexity index is 1290. The van der Waals surface area contributed by atoms with Crippen molar-refractivity contribution in [1.82, 2.24) is 0 Å². The Labute approximate surface area is 248 Å². The fraction of sp³-hybridized carbons (Fsp3) is 0.333. The van der Waals surface area contributed by atoms with Gasteiger partial charge in [-0.3, -0.25) is 0 Å². The van der Waals surface area contributed by atoms with Crippen molar-refractivity contribution in [2.24, 2.45) is 0 Å². The van der Waals surface area contributed by atoms with E-state index < -0.39 is 36.8 Å². The van der Waals surface area contributed by atoms with Gasteiger partial charge in [0, 0.05) is 0 Å². The van der Waals surface area contributed by atoms with Crippen LogP contribution in [-0.2, 0) is 50.1 Å². The van der Waals surface area contributed by atoms with E-state index >= 15 is 0 Å². The molecule has 0 amide bonds. The highest BCUT2D eigenvalue weighted by atomic mass is 16.7. The third kappa shape index (κ3) is 8.35. The van der Waals surface area contributed by atoms with Crippen LogP contribution < -0.4 is 0 Å². The molecule has 0 bridgehead atoms. The molecular weight excluding hydrogens is 528 g/mol. The summed E-state index contributed by atoms with van der Waals surface area (Å²) in [5.74, 6) is 0. The van der Waals surface area contributed by atoms with Crippen molar-refractivity contribution in [1.29, 1.82) is 0 Å². The third-order valence-electron chi connectivity index (χ3n) is 7.44. The number of hydrogen-bond donors (Lipinski definition) is 1. The summed E-state index contributed by atoms with van der Waals surface area (Å²) in [6.07, 6.45) is -3.60. The number of rotatable bonds is 14. The van der Waals surface area contributed by atoms with Crippen LogP contribution in [0.5, 0.6) is 0 Å². The number of aliphatic hydroxyl groups excluding tert-OH is 1. The molecule has 0 aromatic heterocycles. The van der Waals surface area contributed by atoms with E-state index in [1.165, 1.54) is 0 Å². The Morgan fingerprint density at radius 2 is 0.881 bits per heavy atom. The van der Waals surface area contributed by atoms with Crippen molar-refractivity contribution in [3.05, 3.63) is 144 Å². The van der Waals surface area contributed by atoms with Crippen LogP contribution in [0.4, 0.5) is 0 Å². The molecule has 1 heterocycles. The highest BCUT2D eigenvalue weighted by molar-refractivity contribution is 5.16. The van der Waals surface area contributed by atoms with Crippen molar-refractivity contribution in [2.75, 3.05) is 0 Å². The second-order valence-corrected chi connectivity index (χ2v) is 10.5. The topological polar surface area (TPSA) is 66.4 Å². The second-order valence-electron chi connectivity index (χ2n) is 10.5. The molecule has 4 aromatic rings. The van der Waals surface area contributed by atoms with Crippen molar-refractivity contribution >= 4 is 0 Å². The van der Waals surface area contributed by atoms with E-state index in [2.05, 4.69) is 0 Å². The number of ether oxygens (including phenoxy) is 5. The average Bonchev–Trinajstić information content (AvgIpc) is 3.06. The van der Waals surface area contributed by atoms with Crippen LogP contribution in [0, 0.1) is 0 Å². The molecule has 1 fully saturated rings. The first-order valence-corrected chi connectivity index (χ1v) is 14.7. The van der Waals surface area contributed by atoms with Gasteiger partial charge in [-0.1, -0.05) is 128 Å². The minimum Gasteiger partial charge on any atom is -0.390 e. The van der Waals surface area contributed by atoms with Gasteiger partial charge in [0.1, 0.15) is 24.4 Å². The van der Waals surface area contributed by atoms with Crippen LogP contribution in [0.1, 0.15) is 35.6 Å². The van der Waals surface area contributed by atoms with Gasteiger partial charge in [0.05, 0.1) is 32.5 Å². The largest absolute Gasteiger partial charge is 0.390 e. The zero-order chi connectivity index (χ0) is 29.0. The Morgan fingerprint density at radius 1 is 0.524 bits per heavy atom. The summed E-state index contributed by atoms with van der Waals surface area (Å²) in [5.41, 5.74) is 4.09. The van der Waals surface area contributed by atoms with Gasteiger partial charge in [0.15, 0.2) is 6.29 Å². The zero-order valence-corrected chi connectivity index (χ0v) is 24.0. The van der Waals surface area contributed by atoms with Gasteiger partial charge in [-0.05, 0) is 28.7 Å². The monoisotopic (exact) mass is 568 g/mol. The lowest BCUT2D eigenvalue weighted by molar-refractivity contribution is -0.336. The lowest BCUT2D eigenvalue weighted by Crippen LogP contribution is -2.63. The maximum Gasteiger partial charge on any atom is 0.187 e. The molecular formula is C36H40O6. The average molecular weight is 569 g/mol. The molecule has 4 aromatic carbocycles. The van der Waals surface area contributed by atoms with Crippen LogP contribution in [0.25, 0.3) is 0 Å². The minimum atomic E-state index is -0.794. The molecule has 0 spiro atoms. The molecule has 220 valence electrons. The molecule has 1 aliphatic rings. The zero-order valence-electron chi connectivity index (χ0n) is 24.0. The molecule has 6 heteroatoms. The van der Waals surface area contributed by atoms with E-state index in [4.69, 9.17) is 23.7 Å². The quantitative estimate of drug-likeness (QED) is 0.189. The predicted octanol–water partition coefficient (Wildman–Crippen LogP) is 6.46. The summed E-state index contributed by atoms with van der Waals surface area (Å²) < 4.78 is 32.7. The van der Waals surface area contributed by atoms with Crippen molar-refractivity contribution in [3.8, 4) is 0 Å². The first kappa shape index (κ1) is 30.1. The molecule has 0 saturated carbocycles. The van der Waals surface area contributed by atoms with Gasteiger partial charge < -0.3 is 28.8 Å². The molecule has 1 N–H and O–H groups in total. The van der Waals surface area contributed by atoms with Gasteiger partial charge in [-0.15, -0.1) is 0 Å². The van der Waals surface area contributed by atoms with Gasteiger partial charge in [-0.2, -0.15) is 0 Å². The fourth-order valence-electron chi connectivity index (χ4n) is 5.12. The molecule has 6 atom stereocenters. The molecule has 5 rings (SSSR count). The van der Waals surface area contributed by atoms with E-state index in [-0.39, 0.29) is 0 Å². The molecule has 2 unspecified atom stereocenters. The highest BCUT2D eigenvalue weighted by Gasteiger charge is 2.50. The summed E-state index contributed by atoms with van der Waals surface area (Å²) >= 11 is 0. The van der Waals surface area contributed by atoms with Gasteiger partial charge in [0.2, 0.25) is 0 Å². The standard InChI is InChI=1S/C36H40O6/c1-2-31(37)32-33(38-23-27-15-7-3-8-16-27)34(39-24-28-17-9-4-10-18-28)35(40-25-29-19-11-5-12-20-29)36(42-32)41-26-30-21-13-6-14-22-30/h3-22,31-37H,2,23-26H2,1H3/t31-,32+,33+,34?,35?,36-/m0/s1. The smallest absolute Gasteiger partial charge is 0.187 e. The van der Waals surface area contributed by atoms with E-state index in [1.54, 1.807) is 0 Å². The van der Waals surface area contributed by atoms with E-state index in [1.807, 2.05) is 128 Å². The summed E-state index contributed by atoms with van der Waals surface area (Å²) in [5, 5.41) is 11.2. The SMILES string of the molecule is CC[C@H](O)[C@H]1O[C@H](OCc2ccccc2)C(OCc2ccccc2)C(OCc2ccccc2)[C@@H]1OCc1ccccc1. The third-order valence-corrected chi connectivity index (χ3v) is 7.44. The van der Waals surface area contributed by atoms with Crippen LogP contribution in [0.2, 0.25) is 0 Å². The molecule has 0 aliphatic carbocycles. The van der Waals surface area contributed by atoms with Crippen molar-refractivity contribution in [3.63, 3.8) is 0 Å². The maximum atomic E-state index is 11.2. The van der Waals surface area contributed by atoms with E-state index in [0.29, 0.717) is 32.8 Å². The maximum absolute atomic E-state index is 11.2. The number of benzene rings is 4. The molecule has 1 saturated heterocycles. The van der Waals surface area contributed by atoms with Crippen LogP contribution >= 0.6 is 0 Å². The Morgan fingerprint density at radius 3 is 1.29 bits per heavy atom.